The van der Waals surface area contributed by atoms with Crippen LogP contribution in [-0.4, -0.2) is 45.5 Å². The molecule has 0 radical (unpaired) electrons. The molecule has 1 aliphatic rings. The van der Waals surface area contributed by atoms with Gasteiger partial charge in [0.25, 0.3) is 0 Å². The molecule has 0 aliphatic carbocycles. The van der Waals surface area contributed by atoms with Crippen LogP contribution in [0.4, 0.5) is 0 Å². The number of carboxylic acid groups (broad SMARTS) is 1. The fourth-order valence-corrected chi connectivity index (χ4v) is 2.73. The monoisotopic (exact) mass is 273 g/mol. The molecule has 0 bridgehead atoms. The van der Waals surface area contributed by atoms with Gasteiger partial charge in [0, 0.05) is 24.3 Å². The van der Waals surface area contributed by atoms with Crippen LogP contribution in [0.3, 0.4) is 0 Å². The number of carboxylic acids is 1. The van der Waals surface area contributed by atoms with Crippen LogP contribution in [0.15, 0.2) is 0 Å². The van der Waals surface area contributed by atoms with Crippen molar-refractivity contribution in [1.82, 2.24) is 4.90 Å². The number of aliphatic carboxylic acids is 1. The summed E-state index contributed by atoms with van der Waals surface area (Å²) < 4.78 is 0.109. The molecule has 0 aromatic carbocycles. The Kier molecular flexibility index (Phi) is 5.50. The minimum Gasteiger partial charge on any atom is -0.481 e. The molecule has 18 heavy (non-hydrogen) atoms. The van der Waals surface area contributed by atoms with E-state index in [4.69, 9.17) is 5.11 Å². The van der Waals surface area contributed by atoms with Gasteiger partial charge < -0.3 is 10.0 Å². The molecule has 1 saturated heterocycles. The maximum atomic E-state index is 12.0. The first kappa shape index (κ1) is 15.3. The lowest BCUT2D eigenvalue weighted by atomic mass is 10.0. The number of hydrogen-bond donors (Lipinski definition) is 1. The highest BCUT2D eigenvalue weighted by molar-refractivity contribution is 8.01. The maximum absolute atomic E-state index is 12.0. The normalized spacial score (nSPS) is 20.2. The third kappa shape index (κ3) is 5.76. The van der Waals surface area contributed by atoms with E-state index in [-0.39, 0.29) is 17.1 Å². The summed E-state index contributed by atoms with van der Waals surface area (Å²) in [6.45, 7) is 7.82. The predicted molar refractivity (Wildman–Crippen MR) is 73.8 cm³/mol. The van der Waals surface area contributed by atoms with E-state index in [9.17, 15) is 9.59 Å². The van der Waals surface area contributed by atoms with Gasteiger partial charge in [-0.05, 0) is 18.8 Å². The molecule has 0 aromatic rings. The first-order chi connectivity index (χ1) is 8.28. The van der Waals surface area contributed by atoms with E-state index >= 15 is 0 Å². The fraction of sp³-hybridized carbons (Fsp3) is 0.846. The van der Waals surface area contributed by atoms with Crippen LogP contribution in [-0.2, 0) is 9.59 Å². The van der Waals surface area contributed by atoms with Crippen molar-refractivity contribution in [3.05, 3.63) is 0 Å². The largest absolute Gasteiger partial charge is 0.481 e. The van der Waals surface area contributed by atoms with E-state index in [1.165, 1.54) is 0 Å². The van der Waals surface area contributed by atoms with Crippen molar-refractivity contribution in [3.8, 4) is 0 Å². The van der Waals surface area contributed by atoms with Gasteiger partial charge in [-0.25, -0.2) is 0 Å². The van der Waals surface area contributed by atoms with Gasteiger partial charge in [-0.2, -0.15) is 0 Å². The molecular weight excluding hydrogens is 250 g/mol. The summed E-state index contributed by atoms with van der Waals surface area (Å²) >= 11 is 1.66. The van der Waals surface area contributed by atoms with Gasteiger partial charge in [0.15, 0.2) is 0 Å². The zero-order chi connectivity index (χ0) is 13.8. The minimum absolute atomic E-state index is 0.109. The number of carbonyl (C=O) groups excluding carboxylic acids is 1. The third-order valence-electron chi connectivity index (χ3n) is 3.03. The summed E-state index contributed by atoms with van der Waals surface area (Å²) in [4.78, 5) is 24.3. The molecule has 1 unspecified atom stereocenters. The van der Waals surface area contributed by atoms with Crippen molar-refractivity contribution in [3.63, 3.8) is 0 Å². The second kappa shape index (κ2) is 6.45. The smallest absolute Gasteiger partial charge is 0.303 e. The highest BCUT2D eigenvalue weighted by Crippen LogP contribution is 2.26. The lowest BCUT2D eigenvalue weighted by Crippen LogP contribution is -2.31. The number of nitrogens with zero attached hydrogens (tertiary/aromatic N) is 1. The van der Waals surface area contributed by atoms with Crippen LogP contribution in [0.2, 0.25) is 0 Å². The van der Waals surface area contributed by atoms with Crippen molar-refractivity contribution in [1.29, 1.82) is 0 Å². The molecule has 4 nitrogen and oxygen atoms in total. The van der Waals surface area contributed by atoms with E-state index in [0.29, 0.717) is 18.1 Å². The Morgan fingerprint density at radius 2 is 2.06 bits per heavy atom. The van der Waals surface area contributed by atoms with E-state index < -0.39 is 5.97 Å². The predicted octanol–water partition coefficient (Wildman–Crippen LogP) is 2.23. The van der Waals surface area contributed by atoms with Crippen molar-refractivity contribution in [2.45, 2.75) is 44.8 Å². The molecule has 1 amide bonds. The van der Waals surface area contributed by atoms with Crippen molar-refractivity contribution in [2.75, 3.05) is 18.8 Å². The number of carbonyl (C=O) groups is 2. The highest BCUT2D eigenvalue weighted by Gasteiger charge is 2.27. The topological polar surface area (TPSA) is 57.6 Å². The zero-order valence-corrected chi connectivity index (χ0v) is 12.3. The first-order valence-corrected chi connectivity index (χ1v) is 7.40. The standard InChI is InChI=1S/C13H23NO3S/c1-13(2,3)18-9-11(15)14-7-6-10(8-14)4-5-12(16)17/h10H,4-9H2,1-3H3,(H,16,17). The summed E-state index contributed by atoms with van der Waals surface area (Å²) in [5.41, 5.74) is 0. The molecule has 0 spiro atoms. The van der Waals surface area contributed by atoms with Crippen molar-refractivity contribution >= 4 is 23.6 Å². The average Bonchev–Trinajstić information content (AvgIpc) is 2.70. The van der Waals surface area contributed by atoms with E-state index in [1.807, 2.05) is 4.90 Å². The SMILES string of the molecule is CC(C)(C)SCC(=O)N1CCC(CCC(=O)O)C1. The Hall–Kier alpha value is -0.710. The summed E-state index contributed by atoms with van der Waals surface area (Å²) in [5, 5.41) is 8.64. The van der Waals surface area contributed by atoms with Crippen LogP contribution >= 0.6 is 11.8 Å². The van der Waals surface area contributed by atoms with E-state index in [1.54, 1.807) is 11.8 Å². The molecule has 104 valence electrons. The maximum Gasteiger partial charge on any atom is 0.303 e. The van der Waals surface area contributed by atoms with Gasteiger partial charge in [-0.15, -0.1) is 11.8 Å². The number of likely N-dealkylation sites (tertiary alicyclic amines) is 1. The fourth-order valence-electron chi connectivity index (χ4n) is 1.99. The van der Waals surface area contributed by atoms with Gasteiger partial charge in [-0.3, -0.25) is 9.59 Å². The molecule has 1 fully saturated rings. The highest BCUT2D eigenvalue weighted by atomic mass is 32.2. The van der Waals surface area contributed by atoms with Crippen LogP contribution in [0.25, 0.3) is 0 Å². The van der Waals surface area contributed by atoms with Gasteiger partial charge in [0.1, 0.15) is 0 Å². The molecule has 1 N–H and O–H groups in total. The van der Waals surface area contributed by atoms with E-state index in [0.717, 1.165) is 19.5 Å². The van der Waals surface area contributed by atoms with Crippen molar-refractivity contribution in [2.24, 2.45) is 5.92 Å². The molecule has 5 heteroatoms. The van der Waals surface area contributed by atoms with Gasteiger partial charge in [0.05, 0.1) is 5.75 Å². The van der Waals surface area contributed by atoms with Gasteiger partial charge >= 0.3 is 5.97 Å². The third-order valence-corrected chi connectivity index (χ3v) is 4.29. The Morgan fingerprint density at radius 3 is 2.61 bits per heavy atom. The molecule has 1 aliphatic heterocycles. The van der Waals surface area contributed by atoms with Crippen LogP contribution in [0.1, 0.15) is 40.0 Å². The molecular formula is C13H23NO3S. The molecule has 0 saturated carbocycles. The summed E-state index contributed by atoms with van der Waals surface area (Å²) in [7, 11) is 0. The average molecular weight is 273 g/mol. The summed E-state index contributed by atoms with van der Waals surface area (Å²) in [5.74, 6) is 0.329. The van der Waals surface area contributed by atoms with Crippen LogP contribution in [0.5, 0.6) is 0 Å². The number of rotatable bonds is 5. The lowest BCUT2D eigenvalue weighted by molar-refractivity contribution is -0.137. The molecule has 1 heterocycles. The Balaban J connectivity index is 2.28. The lowest BCUT2D eigenvalue weighted by Gasteiger charge is -2.21. The number of hydrogen-bond acceptors (Lipinski definition) is 3. The van der Waals surface area contributed by atoms with E-state index in [2.05, 4.69) is 20.8 Å². The van der Waals surface area contributed by atoms with Crippen LogP contribution in [0, 0.1) is 5.92 Å². The zero-order valence-electron chi connectivity index (χ0n) is 11.4. The van der Waals surface area contributed by atoms with Gasteiger partial charge in [0.2, 0.25) is 5.91 Å². The first-order valence-electron chi connectivity index (χ1n) is 6.41. The number of amides is 1. The minimum atomic E-state index is -0.747. The number of thioether (sulfide) groups is 1. The molecule has 1 rings (SSSR count). The second-order valence-corrected chi connectivity index (χ2v) is 7.63. The summed E-state index contributed by atoms with van der Waals surface area (Å²) in [6.07, 6.45) is 1.84. The summed E-state index contributed by atoms with van der Waals surface area (Å²) in [6, 6.07) is 0. The second-order valence-electron chi connectivity index (χ2n) is 5.83. The van der Waals surface area contributed by atoms with Gasteiger partial charge in [-0.1, -0.05) is 20.8 Å². The Bertz CT molecular complexity index is 312. The Morgan fingerprint density at radius 1 is 1.39 bits per heavy atom. The Labute approximate surface area is 113 Å². The quantitative estimate of drug-likeness (QED) is 0.834. The molecule has 0 aromatic heterocycles. The molecule has 1 atom stereocenters. The van der Waals surface area contributed by atoms with Crippen molar-refractivity contribution < 1.29 is 14.7 Å². The van der Waals surface area contributed by atoms with Crippen LogP contribution < -0.4 is 0 Å².